The fraction of sp³-hybridized carbons (Fsp3) is 0.273. The Balaban J connectivity index is 0.000000818. The van der Waals surface area contributed by atoms with Gasteiger partial charge in [-0.05, 0) is 0 Å². The monoisotopic (exact) mass is 479 g/mol. The molecule has 0 fully saturated rings. The first-order valence-electron chi connectivity index (χ1n) is 9.21. The first-order chi connectivity index (χ1) is 11.8. The Bertz CT molecular complexity index is 753. The summed E-state index contributed by atoms with van der Waals surface area (Å²) in [6.45, 7) is 8.89. The molecule has 0 nitrogen and oxygen atoms in total. The summed E-state index contributed by atoms with van der Waals surface area (Å²) in [5, 5.41) is 0. The summed E-state index contributed by atoms with van der Waals surface area (Å²) < 4.78 is 2.64. The molecule has 0 aliphatic heterocycles. The normalized spacial score (nSPS) is 14.3. The molecule has 0 amide bonds. The molecule has 0 saturated carbocycles. The van der Waals surface area contributed by atoms with Gasteiger partial charge in [0.15, 0.2) is 0 Å². The molecule has 0 unspecified atom stereocenters. The van der Waals surface area contributed by atoms with Crippen molar-refractivity contribution in [3.8, 4) is 11.1 Å². The van der Waals surface area contributed by atoms with Crippen LogP contribution in [-0.2, 0) is 20.9 Å². The standard InChI is InChI=1S/C13H9.C6H7.C2H6.CH5Si.2ClH.Zr/c1-3-7-12-10(5-1)9-11-6-2-4-8-13(11)12;1-6-4-2-3-5-6;2*1-2;;;/h1-9H;4-5H,2H2,1H3;1-2H3;2H2,1H3;2*1H;/q;;;;;;+2/p-2. The molecule has 0 aromatic heterocycles. The van der Waals surface area contributed by atoms with Crippen molar-refractivity contribution in [2.45, 2.75) is 37.4 Å². The largest absolute Gasteiger partial charge is 1.00 e. The summed E-state index contributed by atoms with van der Waals surface area (Å²) in [5.74, 6) is 0. The fourth-order valence-electron chi connectivity index (χ4n) is 4.03. The van der Waals surface area contributed by atoms with Crippen LogP contribution in [0, 0.1) is 0 Å². The number of halogens is 2. The van der Waals surface area contributed by atoms with E-state index in [-0.39, 0.29) is 31.5 Å². The van der Waals surface area contributed by atoms with Crippen molar-refractivity contribution >= 4 is 6.65 Å². The van der Waals surface area contributed by atoms with Crippen LogP contribution in [0.3, 0.4) is 0 Å². The van der Waals surface area contributed by atoms with Gasteiger partial charge in [0, 0.05) is 0 Å². The molecular formula is C22H27Cl2SiZr. The summed E-state index contributed by atoms with van der Waals surface area (Å²) in [7, 11) is 0. The van der Waals surface area contributed by atoms with Gasteiger partial charge in [-0.1, -0.05) is 13.8 Å². The zero-order valence-electron chi connectivity index (χ0n) is 16.0. The first-order valence-corrected chi connectivity index (χ1v) is 19.2. The van der Waals surface area contributed by atoms with Crippen LogP contribution in [-0.4, -0.2) is 6.65 Å². The van der Waals surface area contributed by atoms with E-state index in [1.54, 1.807) is 11.1 Å². The van der Waals surface area contributed by atoms with E-state index in [0.29, 0.717) is 0 Å². The van der Waals surface area contributed by atoms with E-state index < -0.39 is 20.9 Å². The predicted molar refractivity (Wildman–Crippen MR) is 106 cm³/mol. The summed E-state index contributed by atoms with van der Waals surface area (Å²) >= 11 is -1.56. The van der Waals surface area contributed by atoms with Gasteiger partial charge in [0.25, 0.3) is 0 Å². The van der Waals surface area contributed by atoms with E-state index >= 15 is 0 Å². The van der Waals surface area contributed by atoms with Crippen LogP contribution < -0.4 is 24.8 Å². The van der Waals surface area contributed by atoms with Crippen LogP contribution in [0.1, 0.15) is 41.9 Å². The van der Waals surface area contributed by atoms with Gasteiger partial charge in [-0.2, -0.15) is 0 Å². The molecule has 2 aliphatic carbocycles. The Labute approximate surface area is 180 Å². The Morgan fingerprint density at radius 1 is 0.885 bits per heavy atom. The third-order valence-corrected chi connectivity index (χ3v) is 22.6. The van der Waals surface area contributed by atoms with E-state index in [4.69, 9.17) is 0 Å². The second-order valence-corrected chi connectivity index (χ2v) is 22.3. The Morgan fingerprint density at radius 2 is 1.38 bits per heavy atom. The molecule has 0 N–H and O–H groups in total. The Kier molecular flexibility index (Phi) is 9.83. The van der Waals surface area contributed by atoms with Crippen molar-refractivity contribution in [2.24, 2.45) is 0 Å². The second kappa shape index (κ2) is 10.8. The summed E-state index contributed by atoms with van der Waals surface area (Å²) in [4.78, 5) is 0. The molecule has 4 heteroatoms. The molecule has 0 spiro atoms. The topological polar surface area (TPSA) is 0 Å². The van der Waals surface area contributed by atoms with E-state index in [1.807, 2.05) is 17.1 Å². The molecule has 2 aromatic carbocycles. The average molecular weight is 482 g/mol. The minimum atomic E-state index is -1.56. The summed E-state index contributed by atoms with van der Waals surface area (Å²) in [6, 6.07) is 18.3. The molecule has 0 atom stereocenters. The number of rotatable bonds is 3. The van der Waals surface area contributed by atoms with Crippen LogP contribution in [0.5, 0.6) is 0 Å². The number of hydrogen-bond donors (Lipinski definition) is 0. The van der Waals surface area contributed by atoms with Crippen LogP contribution in [0.15, 0.2) is 69.5 Å². The minimum Gasteiger partial charge on any atom is -1.00 e. The van der Waals surface area contributed by atoms with Crippen molar-refractivity contribution in [1.29, 1.82) is 0 Å². The fourth-order valence-corrected chi connectivity index (χ4v) is 21.2. The maximum atomic E-state index is 2.56. The number of fused-ring (bicyclic) bond motifs is 3. The van der Waals surface area contributed by atoms with Gasteiger partial charge in [-0.3, -0.25) is 0 Å². The Hall–Kier alpha value is -0.400. The maximum absolute atomic E-state index is 2.56. The van der Waals surface area contributed by atoms with Gasteiger partial charge in [0.2, 0.25) is 0 Å². The molecule has 137 valence electrons. The molecule has 4 rings (SSSR count). The Morgan fingerprint density at radius 3 is 1.81 bits per heavy atom. The van der Waals surface area contributed by atoms with Crippen molar-refractivity contribution in [1.82, 2.24) is 0 Å². The van der Waals surface area contributed by atoms with E-state index in [2.05, 4.69) is 74.2 Å². The predicted octanol–water partition coefficient (Wildman–Crippen LogP) is -0.225. The van der Waals surface area contributed by atoms with Gasteiger partial charge in [0.05, 0.1) is 0 Å². The minimum absolute atomic E-state index is 0. The number of hydrogen-bond acceptors (Lipinski definition) is 0. The van der Waals surface area contributed by atoms with Gasteiger partial charge in [-0.25, -0.2) is 0 Å². The average Bonchev–Trinajstić information content (AvgIpc) is 3.21. The van der Waals surface area contributed by atoms with Gasteiger partial charge >= 0.3 is 143 Å². The van der Waals surface area contributed by atoms with Crippen LogP contribution >= 0.6 is 0 Å². The van der Waals surface area contributed by atoms with Crippen molar-refractivity contribution in [2.75, 3.05) is 0 Å². The van der Waals surface area contributed by atoms with Gasteiger partial charge in [-0.15, -0.1) is 0 Å². The molecule has 0 radical (unpaired) electrons. The molecule has 26 heavy (non-hydrogen) atoms. The summed E-state index contributed by atoms with van der Waals surface area (Å²) in [5.41, 5.74) is 7.78. The number of allylic oxidation sites excluding steroid dienone is 4. The quantitative estimate of drug-likeness (QED) is 0.532. The SMILES string of the molecule is CC.C[SiH2][Zr+2]([C]1=CC(C)=CC1)[CH]1c2ccccc2-c2ccccc21.[Cl-].[Cl-]. The van der Waals surface area contributed by atoms with Gasteiger partial charge < -0.3 is 24.8 Å². The van der Waals surface area contributed by atoms with Crippen molar-refractivity contribution < 1.29 is 45.7 Å². The molecule has 0 saturated heterocycles. The first kappa shape index (κ1) is 23.6. The van der Waals surface area contributed by atoms with Gasteiger partial charge in [0.1, 0.15) is 0 Å². The van der Waals surface area contributed by atoms with E-state index in [0.717, 1.165) is 3.63 Å². The molecule has 2 aliphatic rings. The molecule has 0 bridgehead atoms. The van der Waals surface area contributed by atoms with E-state index in [1.165, 1.54) is 23.1 Å². The second-order valence-electron chi connectivity index (χ2n) is 6.31. The van der Waals surface area contributed by atoms with Crippen LogP contribution in [0.25, 0.3) is 11.1 Å². The third-order valence-electron chi connectivity index (χ3n) is 5.02. The van der Waals surface area contributed by atoms with Crippen LogP contribution in [0.4, 0.5) is 0 Å². The third kappa shape index (κ3) is 4.36. The maximum Gasteiger partial charge on any atom is -1.00 e. The van der Waals surface area contributed by atoms with Crippen LogP contribution in [0.2, 0.25) is 6.55 Å². The smallest absolute Gasteiger partial charge is 1.00 e. The molecule has 0 heterocycles. The molecule has 2 aromatic rings. The zero-order valence-corrected chi connectivity index (χ0v) is 21.4. The summed E-state index contributed by atoms with van der Waals surface area (Å²) in [6.07, 6.45) is 6.23. The van der Waals surface area contributed by atoms with E-state index in [9.17, 15) is 0 Å². The molecular weight excluding hydrogens is 454 g/mol. The zero-order chi connectivity index (χ0) is 17.1. The van der Waals surface area contributed by atoms with Crippen molar-refractivity contribution in [3.63, 3.8) is 0 Å². The van der Waals surface area contributed by atoms with Crippen molar-refractivity contribution in [3.05, 3.63) is 80.7 Å². The number of benzene rings is 2.